The maximum atomic E-state index is 12.7. The van der Waals surface area contributed by atoms with Gasteiger partial charge in [0, 0.05) is 31.7 Å². The van der Waals surface area contributed by atoms with Crippen molar-refractivity contribution in [1.29, 1.82) is 0 Å². The number of carbonyl (C=O) groups is 2. The van der Waals surface area contributed by atoms with Crippen molar-refractivity contribution < 1.29 is 23.1 Å². The molecule has 31 heavy (non-hydrogen) atoms. The van der Waals surface area contributed by atoms with Crippen molar-refractivity contribution in [1.82, 2.24) is 14.6 Å². The Balaban J connectivity index is 1.50. The molecule has 0 unspecified atom stereocenters. The predicted molar refractivity (Wildman–Crippen MR) is 116 cm³/mol. The zero-order valence-corrected chi connectivity index (χ0v) is 17.9. The quantitative estimate of drug-likeness (QED) is 0.488. The molecule has 0 spiro atoms. The summed E-state index contributed by atoms with van der Waals surface area (Å²) in [5.41, 5.74) is 3.84. The molecule has 10 heteroatoms. The molecular formula is C21H24N4O5S. The normalized spacial score (nSPS) is 15.8. The molecule has 1 saturated heterocycles. The molecule has 164 valence electrons. The molecule has 9 nitrogen and oxygen atoms in total. The van der Waals surface area contributed by atoms with Crippen LogP contribution in [0.2, 0.25) is 0 Å². The first-order valence-electron chi connectivity index (χ1n) is 9.71. The van der Waals surface area contributed by atoms with Crippen LogP contribution in [0.1, 0.15) is 21.5 Å². The number of sulfonamides is 1. The summed E-state index contributed by atoms with van der Waals surface area (Å²) in [5, 5.41) is 13.0. The van der Waals surface area contributed by atoms with Crippen LogP contribution < -0.4 is 5.43 Å². The van der Waals surface area contributed by atoms with Crippen molar-refractivity contribution in [3.05, 3.63) is 65.2 Å². The van der Waals surface area contributed by atoms with E-state index in [0.717, 1.165) is 5.56 Å². The van der Waals surface area contributed by atoms with E-state index in [-0.39, 0.29) is 22.9 Å². The number of carboxylic acids is 1. The number of carbonyl (C=O) groups excluding carboxylic acids is 1. The fourth-order valence-corrected chi connectivity index (χ4v) is 4.63. The molecule has 1 heterocycles. The number of piperazine rings is 1. The van der Waals surface area contributed by atoms with Crippen molar-refractivity contribution in [2.45, 2.75) is 11.8 Å². The number of aromatic carboxylic acids is 1. The average molecular weight is 445 g/mol. The lowest BCUT2D eigenvalue weighted by atomic mass is 10.1. The van der Waals surface area contributed by atoms with Gasteiger partial charge in [0.2, 0.25) is 10.0 Å². The Hall–Kier alpha value is -3.08. The Bertz CT molecular complexity index is 1080. The van der Waals surface area contributed by atoms with Crippen LogP contribution in [0.25, 0.3) is 0 Å². The zero-order chi connectivity index (χ0) is 22.4. The molecule has 1 aliphatic heterocycles. The van der Waals surface area contributed by atoms with Gasteiger partial charge in [-0.25, -0.2) is 18.6 Å². The van der Waals surface area contributed by atoms with Crippen LogP contribution >= 0.6 is 0 Å². The third kappa shape index (κ3) is 5.75. The van der Waals surface area contributed by atoms with E-state index in [2.05, 4.69) is 10.5 Å². The van der Waals surface area contributed by atoms with E-state index in [9.17, 15) is 18.0 Å². The molecular weight excluding hydrogens is 420 g/mol. The highest BCUT2D eigenvalue weighted by molar-refractivity contribution is 7.89. The Morgan fingerprint density at radius 2 is 1.71 bits per heavy atom. The lowest BCUT2D eigenvalue weighted by molar-refractivity contribution is -0.122. The summed E-state index contributed by atoms with van der Waals surface area (Å²) < 4.78 is 26.9. The molecule has 0 aliphatic carbocycles. The standard InChI is InChI=1S/C21H24N4O5S/c1-16-6-8-18(9-7-16)31(29,30)25-12-10-24(11-13-25)15-20(26)23-22-14-17-4-2-3-5-19(17)21(27)28/h2-9,14H,10-13,15H2,1H3,(H,23,26)(H,27,28)/b22-14+. The van der Waals surface area contributed by atoms with Crippen LogP contribution in [-0.2, 0) is 14.8 Å². The fraction of sp³-hybridized carbons (Fsp3) is 0.286. The maximum absolute atomic E-state index is 12.7. The minimum absolute atomic E-state index is 0.0658. The summed E-state index contributed by atoms with van der Waals surface area (Å²) in [6, 6.07) is 13.1. The fourth-order valence-electron chi connectivity index (χ4n) is 3.20. The molecule has 0 atom stereocenters. The van der Waals surface area contributed by atoms with Crippen molar-refractivity contribution in [2.24, 2.45) is 5.10 Å². The Morgan fingerprint density at radius 3 is 2.35 bits per heavy atom. The highest BCUT2D eigenvalue weighted by atomic mass is 32.2. The number of carboxylic acid groups (broad SMARTS) is 1. The Kier molecular flexibility index (Phi) is 7.16. The van der Waals surface area contributed by atoms with Crippen molar-refractivity contribution >= 4 is 28.1 Å². The van der Waals surface area contributed by atoms with Crippen molar-refractivity contribution in [2.75, 3.05) is 32.7 Å². The zero-order valence-electron chi connectivity index (χ0n) is 17.1. The van der Waals surface area contributed by atoms with Gasteiger partial charge in [0.05, 0.1) is 23.2 Å². The summed E-state index contributed by atoms with van der Waals surface area (Å²) >= 11 is 0. The van der Waals surface area contributed by atoms with Gasteiger partial charge in [-0.1, -0.05) is 35.9 Å². The van der Waals surface area contributed by atoms with Gasteiger partial charge < -0.3 is 5.11 Å². The second kappa shape index (κ2) is 9.82. The molecule has 1 aliphatic rings. The third-order valence-electron chi connectivity index (χ3n) is 4.94. The number of nitrogens with zero attached hydrogens (tertiary/aromatic N) is 3. The van der Waals surface area contributed by atoms with E-state index in [4.69, 9.17) is 5.11 Å². The van der Waals surface area contributed by atoms with Gasteiger partial charge in [0.15, 0.2) is 0 Å². The number of nitrogens with one attached hydrogen (secondary N) is 1. The summed E-state index contributed by atoms with van der Waals surface area (Å²) in [4.78, 5) is 25.4. The van der Waals surface area contributed by atoms with Gasteiger partial charge in [-0.05, 0) is 25.1 Å². The molecule has 0 saturated carbocycles. The molecule has 0 radical (unpaired) electrons. The van der Waals surface area contributed by atoms with Crippen LogP contribution in [0, 0.1) is 6.92 Å². The number of hydrogen-bond donors (Lipinski definition) is 2. The van der Waals surface area contributed by atoms with Crippen LogP contribution in [0.5, 0.6) is 0 Å². The largest absolute Gasteiger partial charge is 0.478 e. The Labute approximate surface area is 181 Å². The van der Waals surface area contributed by atoms with E-state index in [0.29, 0.717) is 31.7 Å². The Morgan fingerprint density at radius 1 is 1.06 bits per heavy atom. The first-order valence-corrected chi connectivity index (χ1v) is 11.1. The summed E-state index contributed by atoms with van der Waals surface area (Å²) in [7, 11) is -3.55. The number of rotatable bonds is 7. The lowest BCUT2D eigenvalue weighted by Gasteiger charge is -2.33. The van der Waals surface area contributed by atoms with E-state index < -0.39 is 16.0 Å². The van der Waals surface area contributed by atoms with Gasteiger partial charge in [0.25, 0.3) is 5.91 Å². The van der Waals surface area contributed by atoms with Gasteiger partial charge in [-0.2, -0.15) is 9.41 Å². The van der Waals surface area contributed by atoms with Gasteiger partial charge >= 0.3 is 5.97 Å². The molecule has 3 rings (SSSR count). The van der Waals surface area contributed by atoms with E-state index >= 15 is 0 Å². The molecule has 1 fully saturated rings. The first kappa shape index (κ1) is 22.6. The van der Waals surface area contributed by atoms with Gasteiger partial charge in [0.1, 0.15) is 0 Å². The highest BCUT2D eigenvalue weighted by Crippen LogP contribution is 2.18. The summed E-state index contributed by atoms with van der Waals surface area (Å²) in [5.74, 6) is -1.44. The first-order chi connectivity index (χ1) is 14.8. The monoisotopic (exact) mass is 444 g/mol. The maximum Gasteiger partial charge on any atom is 0.336 e. The molecule has 0 bridgehead atoms. The molecule has 2 aromatic rings. The molecule has 2 N–H and O–H groups in total. The minimum atomic E-state index is -3.55. The smallest absolute Gasteiger partial charge is 0.336 e. The molecule has 1 amide bonds. The minimum Gasteiger partial charge on any atom is -0.478 e. The number of hydrogen-bond acceptors (Lipinski definition) is 6. The number of aryl methyl sites for hydroxylation is 1. The van der Waals surface area contributed by atoms with E-state index in [1.807, 2.05) is 11.8 Å². The number of benzene rings is 2. The summed E-state index contributed by atoms with van der Waals surface area (Å²) in [6.07, 6.45) is 1.29. The summed E-state index contributed by atoms with van der Waals surface area (Å²) in [6.45, 7) is 3.39. The second-order valence-corrected chi connectivity index (χ2v) is 9.12. The molecule has 0 aromatic heterocycles. The predicted octanol–water partition coefficient (Wildman–Crippen LogP) is 1.15. The SMILES string of the molecule is Cc1ccc(S(=O)(=O)N2CCN(CC(=O)N/N=C/c3ccccc3C(=O)O)CC2)cc1. The van der Waals surface area contributed by atoms with Crippen molar-refractivity contribution in [3.8, 4) is 0 Å². The van der Waals surface area contributed by atoms with Crippen LogP contribution in [-0.4, -0.2) is 73.5 Å². The third-order valence-corrected chi connectivity index (χ3v) is 6.85. The lowest BCUT2D eigenvalue weighted by Crippen LogP contribution is -2.50. The molecule has 2 aromatic carbocycles. The number of hydrazone groups is 1. The van der Waals surface area contributed by atoms with Crippen LogP contribution in [0.4, 0.5) is 0 Å². The van der Waals surface area contributed by atoms with Gasteiger partial charge in [-0.3, -0.25) is 9.69 Å². The van der Waals surface area contributed by atoms with E-state index in [1.54, 1.807) is 42.5 Å². The van der Waals surface area contributed by atoms with Crippen LogP contribution in [0.3, 0.4) is 0 Å². The topological polar surface area (TPSA) is 119 Å². The van der Waals surface area contributed by atoms with E-state index in [1.165, 1.54) is 16.6 Å². The highest BCUT2D eigenvalue weighted by Gasteiger charge is 2.28. The van der Waals surface area contributed by atoms with Crippen molar-refractivity contribution in [3.63, 3.8) is 0 Å². The second-order valence-electron chi connectivity index (χ2n) is 7.18. The van der Waals surface area contributed by atoms with Gasteiger partial charge in [-0.15, -0.1) is 0 Å². The average Bonchev–Trinajstić information content (AvgIpc) is 2.74. The van der Waals surface area contributed by atoms with Crippen LogP contribution in [0.15, 0.2) is 58.5 Å². The number of amides is 1.